The van der Waals surface area contributed by atoms with Crippen molar-refractivity contribution in [2.45, 2.75) is 46.0 Å². The molecular formula is C15H23N3O4. The van der Waals surface area contributed by atoms with E-state index in [0.29, 0.717) is 23.7 Å². The van der Waals surface area contributed by atoms with Gasteiger partial charge in [-0.2, -0.15) is 0 Å². The van der Waals surface area contributed by atoms with Crippen molar-refractivity contribution >= 4 is 6.08 Å². The molecular weight excluding hydrogens is 286 g/mol. The second-order valence-corrected chi connectivity index (χ2v) is 4.78. The lowest BCUT2D eigenvalue weighted by atomic mass is 10.1. The van der Waals surface area contributed by atoms with E-state index >= 15 is 0 Å². The van der Waals surface area contributed by atoms with E-state index in [1.165, 1.54) is 20.3 Å². The highest BCUT2D eigenvalue weighted by Crippen LogP contribution is 2.25. The number of allylic oxidation sites excluding steroid dienone is 1. The van der Waals surface area contributed by atoms with Gasteiger partial charge in [0.05, 0.1) is 19.1 Å². The highest BCUT2D eigenvalue weighted by molar-refractivity contribution is 5.53. The molecule has 0 fully saturated rings. The van der Waals surface area contributed by atoms with Crippen molar-refractivity contribution in [2.24, 2.45) is 0 Å². The first-order valence-corrected chi connectivity index (χ1v) is 7.41. The second kappa shape index (κ2) is 8.96. The van der Waals surface area contributed by atoms with Crippen LogP contribution in [0.5, 0.6) is 11.8 Å². The van der Waals surface area contributed by atoms with Gasteiger partial charge in [-0.3, -0.25) is 10.1 Å². The highest BCUT2D eigenvalue weighted by atomic mass is 16.6. The first-order valence-electron chi connectivity index (χ1n) is 7.41. The number of nitrogens with zero attached hydrogens (tertiary/aromatic N) is 3. The Morgan fingerprint density at radius 2 is 1.86 bits per heavy atom. The Morgan fingerprint density at radius 1 is 1.18 bits per heavy atom. The van der Waals surface area contributed by atoms with Crippen molar-refractivity contribution in [3.8, 4) is 11.8 Å². The van der Waals surface area contributed by atoms with Gasteiger partial charge in [0.2, 0.25) is 17.5 Å². The number of aromatic nitrogens is 2. The molecule has 1 aromatic rings. The molecule has 0 saturated heterocycles. The maximum atomic E-state index is 10.9. The average molecular weight is 309 g/mol. The minimum atomic E-state index is -0.428. The summed E-state index contributed by atoms with van der Waals surface area (Å²) in [7, 11) is 2.99. The van der Waals surface area contributed by atoms with Crippen molar-refractivity contribution in [3.63, 3.8) is 0 Å². The normalized spacial score (nSPS) is 11.4. The molecule has 0 bridgehead atoms. The molecule has 22 heavy (non-hydrogen) atoms. The summed E-state index contributed by atoms with van der Waals surface area (Å²) in [6, 6.07) is 0. The van der Waals surface area contributed by atoms with Crippen molar-refractivity contribution < 1.29 is 14.4 Å². The summed E-state index contributed by atoms with van der Waals surface area (Å²) >= 11 is 0. The Bertz CT molecular complexity index is 544. The maximum absolute atomic E-state index is 10.9. The van der Waals surface area contributed by atoms with Crippen molar-refractivity contribution in [1.29, 1.82) is 0 Å². The molecule has 0 unspecified atom stereocenters. The lowest BCUT2D eigenvalue weighted by Gasteiger charge is -2.10. The first-order chi connectivity index (χ1) is 10.6. The Kier molecular flexibility index (Phi) is 7.28. The summed E-state index contributed by atoms with van der Waals surface area (Å²) in [5.41, 5.74) is 1.07. The first kappa shape index (κ1) is 17.9. The third kappa shape index (κ3) is 4.68. The molecule has 0 amide bonds. The van der Waals surface area contributed by atoms with E-state index < -0.39 is 4.92 Å². The van der Waals surface area contributed by atoms with Gasteiger partial charge in [0.15, 0.2) is 0 Å². The van der Waals surface area contributed by atoms with Crippen LogP contribution in [-0.4, -0.2) is 29.1 Å². The number of ether oxygens (including phenoxy) is 2. The van der Waals surface area contributed by atoms with Crippen molar-refractivity contribution in [1.82, 2.24) is 9.97 Å². The van der Waals surface area contributed by atoms with Gasteiger partial charge < -0.3 is 9.47 Å². The van der Waals surface area contributed by atoms with Gasteiger partial charge in [-0.05, 0) is 12.8 Å². The summed E-state index contributed by atoms with van der Waals surface area (Å²) < 4.78 is 10.5. The quantitative estimate of drug-likeness (QED) is 0.395. The molecule has 0 aliphatic heterocycles. The van der Waals surface area contributed by atoms with Crippen LogP contribution in [-0.2, 0) is 6.42 Å². The Morgan fingerprint density at radius 3 is 2.36 bits per heavy atom. The zero-order valence-corrected chi connectivity index (χ0v) is 13.6. The predicted octanol–water partition coefficient (Wildman–Crippen LogP) is 3.25. The Labute approximate surface area is 130 Å². The van der Waals surface area contributed by atoms with Crippen LogP contribution in [0, 0.1) is 10.1 Å². The number of hydrogen-bond donors (Lipinski definition) is 0. The fourth-order valence-corrected chi connectivity index (χ4v) is 2.00. The largest absolute Gasteiger partial charge is 0.480 e. The number of hydrogen-bond acceptors (Lipinski definition) is 6. The standard InChI is InChI=1S/C15H23N3O4/c1-5-7-8-9-12-14(21-3)17-13(15(16-12)22-4)10-11(6-2)18(19)20/h10H,5-9H2,1-4H3/b11-10+. The maximum Gasteiger partial charge on any atom is 0.248 e. The van der Waals surface area contributed by atoms with E-state index in [1.807, 2.05) is 0 Å². The highest BCUT2D eigenvalue weighted by Gasteiger charge is 2.17. The molecule has 1 heterocycles. The van der Waals surface area contributed by atoms with Crippen LogP contribution in [0.1, 0.15) is 50.9 Å². The van der Waals surface area contributed by atoms with Crippen LogP contribution >= 0.6 is 0 Å². The molecule has 0 spiro atoms. The molecule has 0 aliphatic rings. The van der Waals surface area contributed by atoms with Crippen LogP contribution in [0.3, 0.4) is 0 Å². The number of methoxy groups -OCH3 is 2. The zero-order valence-electron chi connectivity index (χ0n) is 13.6. The monoisotopic (exact) mass is 309 g/mol. The van der Waals surface area contributed by atoms with E-state index in [-0.39, 0.29) is 11.6 Å². The molecule has 0 atom stereocenters. The molecule has 0 N–H and O–H groups in total. The third-order valence-corrected chi connectivity index (χ3v) is 3.23. The molecule has 122 valence electrons. The molecule has 7 heteroatoms. The Balaban J connectivity index is 3.21. The van der Waals surface area contributed by atoms with Gasteiger partial charge >= 0.3 is 0 Å². The fraction of sp³-hybridized carbons (Fsp3) is 0.600. The van der Waals surface area contributed by atoms with Gasteiger partial charge in [-0.15, -0.1) is 0 Å². The van der Waals surface area contributed by atoms with E-state index in [0.717, 1.165) is 25.7 Å². The van der Waals surface area contributed by atoms with Crippen LogP contribution in [0.2, 0.25) is 0 Å². The minimum absolute atomic E-state index is 0.0494. The van der Waals surface area contributed by atoms with Gasteiger partial charge in [0.25, 0.3) is 0 Å². The number of nitro groups is 1. The molecule has 1 rings (SSSR count). The van der Waals surface area contributed by atoms with Crippen LogP contribution in [0.25, 0.3) is 6.08 Å². The Hall–Kier alpha value is -2.18. The summed E-state index contributed by atoms with van der Waals surface area (Å²) in [5.74, 6) is 0.669. The molecule has 7 nitrogen and oxygen atoms in total. The summed E-state index contributed by atoms with van der Waals surface area (Å²) in [4.78, 5) is 19.2. The van der Waals surface area contributed by atoms with E-state index in [4.69, 9.17) is 9.47 Å². The number of aryl methyl sites for hydroxylation is 1. The number of rotatable bonds is 9. The second-order valence-electron chi connectivity index (χ2n) is 4.78. The fourth-order valence-electron chi connectivity index (χ4n) is 2.00. The lowest BCUT2D eigenvalue weighted by molar-refractivity contribution is -0.425. The van der Waals surface area contributed by atoms with Gasteiger partial charge in [-0.1, -0.05) is 26.7 Å². The topological polar surface area (TPSA) is 87.4 Å². The zero-order chi connectivity index (χ0) is 16.5. The predicted molar refractivity (Wildman–Crippen MR) is 83.6 cm³/mol. The van der Waals surface area contributed by atoms with Crippen LogP contribution in [0.4, 0.5) is 0 Å². The summed E-state index contributed by atoms with van der Waals surface area (Å²) in [6.07, 6.45) is 5.59. The van der Waals surface area contributed by atoms with E-state index in [1.54, 1.807) is 6.92 Å². The molecule has 0 aromatic carbocycles. The van der Waals surface area contributed by atoms with Gasteiger partial charge in [0.1, 0.15) is 11.4 Å². The number of unbranched alkanes of at least 4 members (excludes halogenated alkanes) is 2. The summed E-state index contributed by atoms with van der Waals surface area (Å²) in [5, 5.41) is 10.9. The van der Waals surface area contributed by atoms with Crippen LogP contribution < -0.4 is 9.47 Å². The minimum Gasteiger partial charge on any atom is -0.480 e. The SMILES string of the molecule is CCCCCc1nc(OC)c(/C=C(\CC)[N+](=O)[O-])nc1OC. The average Bonchev–Trinajstić information content (AvgIpc) is 2.52. The third-order valence-electron chi connectivity index (χ3n) is 3.23. The molecule has 1 aromatic heterocycles. The molecule has 0 radical (unpaired) electrons. The van der Waals surface area contributed by atoms with Crippen LogP contribution in [0.15, 0.2) is 5.70 Å². The van der Waals surface area contributed by atoms with E-state index in [2.05, 4.69) is 16.9 Å². The molecule has 0 aliphatic carbocycles. The smallest absolute Gasteiger partial charge is 0.248 e. The van der Waals surface area contributed by atoms with Gasteiger partial charge in [0, 0.05) is 12.5 Å². The summed E-state index contributed by atoms with van der Waals surface area (Å²) in [6.45, 7) is 3.84. The van der Waals surface area contributed by atoms with E-state index in [9.17, 15) is 10.1 Å². The van der Waals surface area contributed by atoms with Crippen molar-refractivity contribution in [2.75, 3.05) is 14.2 Å². The molecule has 0 saturated carbocycles. The van der Waals surface area contributed by atoms with Crippen molar-refractivity contribution in [3.05, 3.63) is 27.2 Å². The lowest BCUT2D eigenvalue weighted by Crippen LogP contribution is -2.05. The van der Waals surface area contributed by atoms with Gasteiger partial charge in [-0.25, -0.2) is 9.97 Å².